The summed E-state index contributed by atoms with van der Waals surface area (Å²) >= 11 is 0. The van der Waals surface area contributed by atoms with E-state index in [2.05, 4.69) is 38.1 Å². The van der Waals surface area contributed by atoms with Crippen LogP contribution in [0, 0.1) is 18.3 Å². The minimum Gasteiger partial charge on any atom is -0.370 e. The van der Waals surface area contributed by atoms with E-state index < -0.39 is 0 Å². The normalized spacial score (nSPS) is 16.2. The zero-order valence-electron chi connectivity index (χ0n) is 11.6. The van der Waals surface area contributed by atoms with E-state index in [-0.39, 0.29) is 0 Å². The first-order valence-electron chi connectivity index (χ1n) is 6.66. The lowest BCUT2D eigenvalue weighted by Crippen LogP contribution is -2.46. The molecular formula is C13H20N6. The number of hydrogen-bond donors (Lipinski definition) is 1. The number of hydrogen-bond acceptors (Lipinski definition) is 6. The summed E-state index contributed by atoms with van der Waals surface area (Å²) < 4.78 is 0. The molecule has 2 heterocycles. The number of nitrogens with one attached hydrogen (secondary N) is 1. The maximum Gasteiger partial charge on any atom is 0.134 e. The third kappa shape index (κ3) is 3.55. The number of aryl methyl sites for hydroxylation is 1. The number of nitrogens with zero attached hydrogens (tertiary/aromatic N) is 5. The fraction of sp³-hybridized carbons (Fsp3) is 0.615. The zero-order valence-corrected chi connectivity index (χ0v) is 11.6. The lowest BCUT2D eigenvalue weighted by Gasteiger charge is -2.34. The second-order valence-corrected chi connectivity index (χ2v) is 4.61. The van der Waals surface area contributed by atoms with Gasteiger partial charge in [0, 0.05) is 38.8 Å². The smallest absolute Gasteiger partial charge is 0.134 e. The predicted octanol–water partition coefficient (Wildman–Crippen LogP) is 0.862. The van der Waals surface area contributed by atoms with Gasteiger partial charge >= 0.3 is 0 Å². The molecule has 0 saturated carbocycles. The topological polar surface area (TPSA) is 68.1 Å². The predicted molar refractivity (Wildman–Crippen MR) is 75.2 cm³/mol. The molecule has 0 atom stereocenters. The Morgan fingerprint density at radius 2 is 2.05 bits per heavy atom. The maximum atomic E-state index is 8.70. The Morgan fingerprint density at radius 1 is 1.32 bits per heavy atom. The van der Waals surface area contributed by atoms with Crippen LogP contribution in [-0.2, 0) is 0 Å². The standard InChI is InChI=1S/C13H20N6/c1-3-15-12-10-13(17-11(2)16-12)19-8-6-18(5-4-14)7-9-19/h10H,3,5-9H2,1-2H3,(H,15,16,17). The second-order valence-electron chi connectivity index (χ2n) is 4.61. The summed E-state index contributed by atoms with van der Waals surface area (Å²) in [5.41, 5.74) is 0. The highest BCUT2D eigenvalue weighted by molar-refractivity contribution is 5.49. The van der Waals surface area contributed by atoms with Gasteiger partial charge in [0.1, 0.15) is 17.5 Å². The molecule has 1 fully saturated rings. The molecule has 1 aliphatic heterocycles. The van der Waals surface area contributed by atoms with Crippen molar-refractivity contribution in [3.63, 3.8) is 0 Å². The van der Waals surface area contributed by atoms with E-state index in [0.717, 1.165) is 50.2 Å². The molecule has 0 unspecified atom stereocenters. The van der Waals surface area contributed by atoms with Gasteiger partial charge in [-0.25, -0.2) is 9.97 Å². The lowest BCUT2D eigenvalue weighted by molar-refractivity contribution is 0.286. The average molecular weight is 260 g/mol. The maximum absolute atomic E-state index is 8.70. The quantitative estimate of drug-likeness (QED) is 0.810. The average Bonchev–Trinajstić information content (AvgIpc) is 2.40. The number of rotatable bonds is 4. The fourth-order valence-electron chi connectivity index (χ4n) is 2.22. The van der Waals surface area contributed by atoms with E-state index >= 15 is 0 Å². The molecule has 0 bridgehead atoms. The Kier molecular flexibility index (Phi) is 4.53. The molecule has 19 heavy (non-hydrogen) atoms. The Hall–Kier alpha value is -1.87. The van der Waals surface area contributed by atoms with Gasteiger partial charge in [-0.3, -0.25) is 4.90 Å². The van der Waals surface area contributed by atoms with Crippen molar-refractivity contribution in [3.05, 3.63) is 11.9 Å². The molecule has 1 aromatic rings. The van der Waals surface area contributed by atoms with Crippen LogP contribution in [0.5, 0.6) is 0 Å². The highest BCUT2D eigenvalue weighted by Gasteiger charge is 2.18. The Balaban J connectivity index is 2.04. The summed E-state index contributed by atoms with van der Waals surface area (Å²) in [7, 11) is 0. The fourth-order valence-corrected chi connectivity index (χ4v) is 2.22. The zero-order chi connectivity index (χ0) is 13.7. The van der Waals surface area contributed by atoms with Crippen molar-refractivity contribution in [2.24, 2.45) is 0 Å². The van der Waals surface area contributed by atoms with Crippen molar-refractivity contribution in [3.8, 4) is 6.07 Å². The molecule has 1 aromatic heterocycles. The summed E-state index contributed by atoms with van der Waals surface area (Å²) in [6.07, 6.45) is 0. The summed E-state index contributed by atoms with van der Waals surface area (Å²) in [6.45, 7) is 8.97. The minimum absolute atomic E-state index is 0.513. The third-order valence-electron chi connectivity index (χ3n) is 3.17. The van der Waals surface area contributed by atoms with Gasteiger partial charge in [-0.05, 0) is 13.8 Å². The summed E-state index contributed by atoms with van der Waals surface area (Å²) in [5.74, 6) is 2.64. The Morgan fingerprint density at radius 3 is 2.68 bits per heavy atom. The van der Waals surface area contributed by atoms with Crippen molar-refractivity contribution < 1.29 is 0 Å². The Bertz CT molecular complexity index is 459. The van der Waals surface area contributed by atoms with E-state index in [9.17, 15) is 0 Å². The molecule has 6 heteroatoms. The SMILES string of the molecule is CCNc1cc(N2CCN(CC#N)CC2)nc(C)n1. The van der Waals surface area contributed by atoms with Crippen LogP contribution in [0.3, 0.4) is 0 Å². The van der Waals surface area contributed by atoms with E-state index in [1.807, 2.05) is 13.0 Å². The van der Waals surface area contributed by atoms with Gasteiger partial charge in [0.05, 0.1) is 12.6 Å². The number of aromatic nitrogens is 2. The monoisotopic (exact) mass is 260 g/mol. The highest BCUT2D eigenvalue weighted by atomic mass is 15.3. The number of nitriles is 1. The first-order valence-corrected chi connectivity index (χ1v) is 6.66. The van der Waals surface area contributed by atoms with E-state index in [0.29, 0.717) is 6.54 Å². The van der Waals surface area contributed by atoms with Crippen LogP contribution in [0.4, 0.5) is 11.6 Å². The van der Waals surface area contributed by atoms with Crippen LogP contribution >= 0.6 is 0 Å². The first kappa shape index (κ1) is 13.6. The molecule has 1 N–H and O–H groups in total. The molecule has 6 nitrogen and oxygen atoms in total. The van der Waals surface area contributed by atoms with Gasteiger partial charge in [-0.2, -0.15) is 5.26 Å². The summed E-state index contributed by atoms with van der Waals surface area (Å²) in [5, 5.41) is 11.9. The lowest BCUT2D eigenvalue weighted by atomic mass is 10.3. The largest absolute Gasteiger partial charge is 0.370 e. The molecule has 0 spiro atoms. The second kappa shape index (κ2) is 6.34. The van der Waals surface area contributed by atoms with Gasteiger partial charge in [-0.1, -0.05) is 0 Å². The van der Waals surface area contributed by atoms with Gasteiger partial charge in [-0.15, -0.1) is 0 Å². The van der Waals surface area contributed by atoms with E-state index in [4.69, 9.17) is 5.26 Å². The summed E-state index contributed by atoms with van der Waals surface area (Å²) in [6, 6.07) is 4.20. The van der Waals surface area contributed by atoms with Gasteiger partial charge in [0.2, 0.25) is 0 Å². The van der Waals surface area contributed by atoms with Crippen molar-refractivity contribution >= 4 is 11.6 Å². The van der Waals surface area contributed by atoms with Crippen LogP contribution in [0.1, 0.15) is 12.7 Å². The third-order valence-corrected chi connectivity index (χ3v) is 3.17. The molecule has 0 radical (unpaired) electrons. The van der Waals surface area contributed by atoms with Crippen LogP contribution in [0.25, 0.3) is 0 Å². The highest BCUT2D eigenvalue weighted by Crippen LogP contribution is 2.17. The molecule has 1 aliphatic rings. The number of piperazine rings is 1. The number of anilines is 2. The van der Waals surface area contributed by atoms with E-state index in [1.165, 1.54) is 0 Å². The van der Waals surface area contributed by atoms with Crippen molar-refractivity contribution in [2.75, 3.05) is 49.5 Å². The molecule has 102 valence electrons. The first-order chi connectivity index (χ1) is 9.22. The summed E-state index contributed by atoms with van der Waals surface area (Å²) in [4.78, 5) is 13.3. The molecule has 0 amide bonds. The molecular weight excluding hydrogens is 240 g/mol. The molecule has 1 saturated heterocycles. The molecule has 2 rings (SSSR count). The molecule has 0 aromatic carbocycles. The van der Waals surface area contributed by atoms with Crippen LogP contribution in [-0.4, -0.2) is 54.1 Å². The van der Waals surface area contributed by atoms with Crippen molar-refractivity contribution in [1.82, 2.24) is 14.9 Å². The van der Waals surface area contributed by atoms with Crippen LogP contribution < -0.4 is 10.2 Å². The van der Waals surface area contributed by atoms with Crippen molar-refractivity contribution in [2.45, 2.75) is 13.8 Å². The van der Waals surface area contributed by atoms with E-state index in [1.54, 1.807) is 0 Å². The van der Waals surface area contributed by atoms with Crippen LogP contribution in [0.2, 0.25) is 0 Å². The van der Waals surface area contributed by atoms with Gasteiger partial charge < -0.3 is 10.2 Å². The van der Waals surface area contributed by atoms with Gasteiger partial charge in [0.15, 0.2) is 0 Å². The van der Waals surface area contributed by atoms with Crippen LogP contribution in [0.15, 0.2) is 6.07 Å². The van der Waals surface area contributed by atoms with Crippen molar-refractivity contribution in [1.29, 1.82) is 5.26 Å². The minimum atomic E-state index is 0.513. The Labute approximate surface area is 114 Å². The van der Waals surface area contributed by atoms with Gasteiger partial charge in [0.25, 0.3) is 0 Å². The molecule has 0 aliphatic carbocycles.